The molecule has 78 heavy (non-hydrogen) atoms. The molecule has 0 spiro atoms. The Morgan fingerprint density at radius 1 is 0.641 bits per heavy atom. The summed E-state index contributed by atoms with van der Waals surface area (Å²) in [4.78, 5) is 25.4. The summed E-state index contributed by atoms with van der Waals surface area (Å²) >= 11 is 0. The number of hydrogen-bond acceptors (Lipinski definition) is 7. The lowest BCUT2D eigenvalue weighted by Crippen LogP contribution is -2.51. The smallest absolute Gasteiger partial charge is 0.407 e. The highest BCUT2D eigenvalue weighted by Crippen LogP contribution is 2.67. The highest BCUT2D eigenvalue weighted by Gasteiger charge is 2.59. The van der Waals surface area contributed by atoms with Gasteiger partial charge in [0.1, 0.15) is 23.2 Å². The van der Waals surface area contributed by atoms with Gasteiger partial charge < -0.3 is 34.7 Å². The number of amides is 2. The van der Waals surface area contributed by atoms with E-state index >= 15 is 0 Å². The third kappa shape index (κ3) is 16.2. The van der Waals surface area contributed by atoms with Crippen molar-refractivity contribution in [3.05, 3.63) is 107 Å². The van der Waals surface area contributed by atoms with Crippen LogP contribution in [0.3, 0.4) is 0 Å². The fraction of sp³-hybridized carbons (Fsp3) is 0.681. The number of ether oxygens (including phenoxy) is 4. The third-order valence-electron chi connectivity index (χ3n) is 19.9. The summed E-state index contributed by atoms with van der Waals surface area (Å²) in [7, 11) is 3.33. The Bertz CT molecular complexity index is 2220. The molecule has 3 aromatic carbocycles. The van der Waals surface area contributed by atoms with Gasteiger partial charge in [0, 0.05) is 25.9 Å². The molecule has 4 aliphatic rings. The number of alkyl carbamates (subject to hydrolysis) is 1. The largest absolute Gasteiger partial charge is 0.497 e. The number of methoxy groups -OCH3 is 2. The summed E-state index contributed by atoms with van der Waals surface area (Å²) < 4.78 is 23.9. The van der Waals surface area contributed by atoms with Crippen LogP contribution in [0.4, 0.5) is 4.79 Å². The Morgan fingerprint density at radius 2 is 1.24 bits per heavy atom. The molecule has 3 N–H and O–H groups in total. The minimum absolute atomic E-state index is 0.00202. The van der Waals surface area contributed by atoms with Gasteiger partial charge in [0.2, 0.25) is 5.91 Å². The molecule has 0 heterocycles. The van der Waals surface area contributed by atoms with Crippen LogP contribution in [0.2, 0.25) is 0 Å². The van der Waals surface area contributed by atoms with Crippen molar-refractivity contribution in [2.75, 3.05) is 33.9 Å². The predicted octanol–water partition coefficient (Wildman–Crippen LogP) is 16.5. The lowest BCUT2D eigenvalue weighted by Gasteiger charge is -2.58. The van der Waals surface area contributed by atoms with Gasteiger partial charge in [0.15, 0.2) is 0 Å². The Labute approximate surface area is 472 Å². The molecule has 0 aliphatic heterocycles. The number of aliphatic hydroxyl groups is 1. The van der Waals surface area contributed by atoms with E-state index in [1.165, 1.54) is 83.5 Å². The number of fused-ring (bicyclic) bond motifs is 5. The molecular weight excluding hydrogens is 969 g/mol. The number of carbonyl (C=O) groups is 2. The minimum Gasteiger partial charge on any atom is -0.497 e. The summed E-state index contributed by atoms with van der Waals surface area (Å²) in [5, 5.41) is 17.2. The topological polar surface area (TPSA) is 115 Å². The Hall–Kier alpha value is -4.34. The van der Waals surface area contributed by atoms with Crippen LogP contribution in [0.5, 0.6) is 11.5 Å². The maximum Gasteiger partial charge on any atom is 0.407 e. The molecule has 0 radical (unpaired) electrons. The molecule has 9 atom stereocenters. The average Bonchev–Trinajstić information content (AvgIpc) is 3.91. The molecule has 3 saturated carbocycles. The van der Waals surface area contributed by atoms with Gasteiger partial charge in [-0.1, -0.05) is 178 Å². The van der Waals surface area contributed by atoms with Crippen LogP contribution in [-0.4, -0.2) is 63.2 Å². The van der Waals surface area contributed by atoms with Crippen molar-refractivity contribution in [3.63, 3.8) is 0 Å². The fourth-order valence-electron chi connectivity index (χ4n) is 15.3. The van der Waals surface area contributed by atoms with Gasteiger partial charge in [-0.05, 0) is 164 Å². The number of rotatable bonds is 33. The van der Waals surface area contributed by atoms with E-state index in [9.17, 15) is 14.7 Å². The monoisotopic (exact) mass is 1070 g/mol. The van der Waals surface area contributed by atoms with Crippen molar-refractivity contribution in [1.29, 1.82) is 0 Å². The van der Waals surface area contributed by atoms with E-state index in [0.29, 0.717) is 44.4 Å². The first kappa shape index (κ1) is 61.3. The Kier molecular flexibility index (Phi) is 23.9. The number of allylic oxidation sites excluding steroid dienone is 1. The van der Waals surface area contributed by atoms with Crippen molar-refractivity contribution in [2.24, 2.45) is 46.3 Å². The van der Waals surface area contributed by atoms with Crippen molar-refractivity contribution in [3.8, 4) is 11.5 Å². The van der Waals surface area contributed by atoms with E-state index in [0.717, 1.165) is 128 Å². The zero-order valence-electron chi connectivity index (χ0n) is 49.6. The SMILES string of the molecule is COc1ccc(C(OCCC(O)CCCCCNC(=O)CCCCCCCCCCCNC(=O)OC2CC[C@@]3(C)C(=CCC4C3CC[C@@]3(C)C4CC[C@@H]3[C@H](C)CCCC(C)C)C2)(c2ccccc2)c2ccc(OC)cc2)cc1. The fourth-order valence-corrected chi connectivity index (χ4v) is 15.3. The number of unbranched alkanes of at least 4 members (excludes halogenated alkanes) is 10. The number of nitrogens with one attached hydrogen (secondary N) is 2. The molecule has 9 nitrogen and oxygen atoms in total. The molecule has 0 bridgehead atoms. The molecule has 4 aliphatic carbocycles. The quantitative estimate of drug-likeness (QED) is 0.0316. The molecule has 7 rings (SSSR count). The van der Waals surface area contributed by atoms with Crippen molar-refractivity contribution in [1.82, 2.24) is 10.6 Å². The molecule has 2 amide bonds. The zero-order valence-corrected chi connectivity index (χ0v) is 49.6. The first-order valence-corrected chi connectivity index (χ1v) is 31.4. The number of carbonyl (C=O) groups excluding carboxylic acids is 2. The molecule has 0 aromatic heterocycles. The highest BCUT2D eigenvalue weighted by molar-refractivity contribution is 5.75. The molecule has 9 heteroatoms. The second-order valence-electron chi connectivity index (χ2n) is 25.4. The van der Waals surface area contributed by atoms with Crippen molar-refractivity contribution < 1.29 is 33.6 Å². The second-order valence-corrected chi connectivity index (χ2v) is 25.4. The van der Waals surface area contributed by atoms with Crippen LogP contribution >= 0.6 is 0 Å². The van der Waals surface area contributed by atoms with Crippen LogP contribution < -0.4 is 20.1 Å². The van der Waals surface area contributed by atoms with E-state index in [1.54, 1.807) is 19.8 Å². The molecular formula is C69H104N2O7. The molecule has 5 unspecified atom stereocenters. The van der Waals surface area contributed by atoms with Gasteiger partial charge in [-0.3, -0.25) is 4.79 Å². The number of aliphatic hydroxyl groups excluding tert-OH is 1. The van der Waals surface area contributed by atoms with Crippen LogP contribution in [0.25, 0.3) is 0 Å². The van der Waals surface area contributed by atoms with Crippen LogP contribution in [-0.2, 0) is 19.9 Å². The summed E-state index contributed by atoms with van der Waals surface area (Å²) in [6, 6.07) is 26.2. The third-order valence-corrected chi connectivity index (χ3v) is 19.9. The summed E-state index contributed by atoms with van der Waals surface area (Å²) in [5.41, 5.74) is 4.41. The average molecular weight is 1070 g/mol. The van der Waals surface area contributed by atoms with E-state index in [-0.39, 0.29) is 23.5 Å². The molecule has 3 aromatic rings. The second kappa shape index (κ2) is 30.5. The highest BCUT2D eigenvalue weighted by atomic mass is 16.6. The predicted molar refractivity (Wildman–Crippen MR) is 318 cm³/mol. The lowest BCUT2D eigenvalue weighted by atomic mass is 9.47. The van der Waals surface area contributed by atoms with Gasteiger partial charge >= 0.3 is 6.09 Å². The number of benzene rings is 3. The first-order valence-electron chi connectivity index (χ1n) is 31.4. The van der Waals surface area contributed by atoms with E-state index in [2.05, 4.69) is 63.5 Å². The molecule has 3 fully saturated rings. The van der Waals surface area contributed by atoms with E-state index < -0.39 is 11.7 Å². The van der Waals surface area contributed by atoms with Crippen LogP contribution in [0.15, 0.2) is 90.5 Å². The van der Waals surface area contributed by atoms with E-state index in [4.69, 9.17) is 18.9 Å². The van der Waals surface area contributed by atoms with Gasteiger partial charge in [-0.2, -0.15) is 0 Å². The standard InChI is InChI=1S/C69H104N2O7/c1-51(2)24-23-25-52(3)62-40-41-63-61-39-34-56-50-60(42-45-67(56,4)64(61)43-46-68(62,63)5)78-66(74)71-48-21-14-12-10-8-9-11-13-20-29-65(73)70-47-22-16-19-28-57(72)44-49-77-69(53-26-17-15-18-27-53,54-30-35-58(75-6)36-31-54)55-32-37-59(76-7)38-33-55/h15,17-18,26-27,30-38,51-52,57,60-64,72H,8-14,16,19-25,28-29,39-50H2,1-7H3,(H,70,73)(H,71,74)/t52-,57?,60?,61?,62-,63?,64?,67+,68-/m1/s1. The zero-order chi connectivity index (χ0) is 55.4. The van der Waals surface area contributed by atoms with Crippen LogP contribution in [0, 0.1) is 46.3 Å². The number of hydrogen-bond donors (Lipinski definition) is 3. The molecule has 0 saturated heterocycles. The normalized spacial score (nSPS) is 24.5. The van der Waals surface area contributed by atoms with Gasteiger partial charge in [-0.15, -0.1) is 0 Å². The molecule has 432 valence electrons. The van der Waals surface area contributed by atoms with Crippen LogP contribution in [0.1, 0.15) is 218 Å². The lowest BCUT2D eigenvalue weighted by molar-refractivity contribution is -0.121. The van der Waals surface area contributed by atoms with E-state index in [1.807, 2.05) is 66.7 Å². The maximum absolute atomic E-state index is 12.9. The van der Waals surface area contributed by atoms with Gasteiger partial charge in [0.25, 0.3) is 0 Å². The van der Waals surface area contributed by atoms with Gasteiger partial charge in [-0.25, -0.2) is 4.79 Å². The maximum atomic E-state index is 12.9. The van der Waals surface area contributed by atoms with Crippen molar-refractivity contribution >= 4 is 12.0 Å². The summed E-state index contributed by atoms with van der Waals surface area (Å²) in [6.45, 7) is 14.3. The Morgan fingerprint density at radius 3 is 1.88 bits per heavy atom. The Balaban J connectivity index is 0.679. The summed E-state index contributed by atoms with van der Waals surface area (Å²) in [5.74, 6) is 6.73. The summed E-state index contributed by atoms with van der Waals surface area (Å²) in [6.07, 6.45) is 30.7. The van der Waals surface area contributed by atoms with Crippen molar-refractivity contribution in [2.45, 2.75) is 219 Å². The first-order chi connectivity index (χ1) is 37.8. The minimum atomic E-state index is -0.904. The van der Waals surface area contributed by atoms with Gasteiger partial charge in [0.05, 0.1) is 26.9 Å².